The summed E-state index contributed by atoms with van der Waals surface area (Å²) in [5.74, 6) is -0.834. The molecule has 0 aliphatic heterocycles. The zero-order valence-electron chi connectivity index (χ0n) is 51.3. The number of hydrogen-bond donors (Lipinski definition) is 0. The fourth-order valence-electron chi connectivity index (χ4n) is 12.3. The molecular formula is C75H90O8P2+2. The zero-order chi connectivity index (χ0) is 60.3. The van der Waals surface area contributed by atoms with Gasteiger partial charge in [0.1, 0.15) is 46.4 Å². The largest absolute Gasteiger partial charge is 0.489 e. The first-order valence-electron chi connectivity index (χ1n) is 30.9. The molecule has 85 heavy (non-hydrogen) atoms. The lowest BCUT2D eigenvalue weighted by molar-refractivity contribution is -0.121. The van der Waals surface area contributed by atoms with Crippen LogP contribution in [0, 0.1) is 0 Å². The summed E-state index contributed by atoms with van der Waals surface area (Å²) in [7, 11) is 2.14. The lowest BCUT2D eigenvalue weighted by Crippen LogP contribution is -2.33. The van der Waals surface area contributed by atoms with Crippen molar-refractivity contribution in [2.75, 3.05) is 40.8 Å². The quantitative estimate of drug-likeness (QED) is 0.0228. The van der Waals surface area contributed by atoms with Gasteiger partial charge in [0.05, 0.1) is 40.8 Å². The Balaban J connectivity index is 0.000000244. The molecule has 0 radical (unpaired) electrons. The molecule has 446 valence electrons. The molecular weight excluding hydrogens is 1090 g/mol. The first-order chi connectivity index (χ1) is 41.6. The summed E-state index contributed by atoms with van der Waals surface area (Å²) < 4.78 is 20.7. The van der Waals surface area contributed by atoms with E-state index in [9.17, 15) is 19.2 Å². The van der Waals surface area contributed by atoms with E-state index in [4.69, 9.17) is 18.9 Å². The molecule has 0 amide bonds. The Morgan fingerprint density at radius 3 is 0.659 bits per heavy atom. The molecule has 8 rings (SSSR count). The molecule has 10 heteroatoms. The molecule has 0 fully saturated rings. The molecule has 0 spiro atoms. The Morgan fingerprint density at radius 1 is 0.259 bits per heavy atom. The van der Waals surface area contributed by atoms with Crippen LogP contribution in [0.5, 0.6) is 0 Å². The van der Waals surface area contributed by atoms with E-state index in [-0.39, 0.29) is 46.2 Å². The van der Waals surface area contributed by atoms with Crippen LogP contribution in [0.1, 0.15) is 136 Å². The van der Waals surface area contributed by atoms with Crippen LogP contribution in [0.25, 0.3) is 0 Å². The molecule has 0 atom stereocenters. The van der Waals surface area contributed by atoms with Crippen molar-refractivity contribution in [1.29, 1.82) is 0 Å². The normalized spacial score (nSPS) is 14.0. The highest BCUT2D eigenvalue weighted by atomic mass is 31.2. The molecule has 0 bridgehead atoms. The third-order valence-electron chi connectivity index (χ3n) is 17.0. The van der Waals surface area contributed by atoms with Gasteiger partial charge in [-0.2, -0.15) is 0 Å². The number of carbonyl (C=O) groups excluding carboxylic acids is 4. The van der Waals surface area contributed by atoms with E-state index in [1.54, 1.807) is 13.8 Å². The van der Waals surface area contributed by atoms with Crippen molar-refractivity contribution < 1.29 is 38.1 Å². The third-order valence-corrected chi connectivity index (χ3v) is 26.0. The van der Waals surface area contributed by atoms with Gasteiger partial charge in [0.25, 0.3) is 0 Å². The summed E-state index contributed by atoms with van der Waals surface area (Å²) in [5.41, 5.74) is 2.11. The van der Waals surface area contributed by atoms with E-state index >= 15 is 0 Å². The number of allylic oxidation sites excluding steroid dienone is 4. The predicted molar refractivity (Wildman–Crippen MR) is 355 cm³/mol. The molecule has 6 aromatic rings. The molecule has 0 N–H and O–H groups in total. The maximum absolute atomic E-state index is 12.8. The SMILES string of the molecule is COC1=C(OC)C(=O)C(CCCCCCCCCCC[P+](c2ccccc2)(c2ccccc2)c2ccccc2)=C(C)C1=O.COC1=C(OC)C(=O)C(CCCCCCCCCC[P+](c2ccccc2)(c2ccccc2)c2ccccc2)=C(C)C1=O. The van der Waals surface area contributed by atoms with Crippen LogP contribution in [0.2, 0.25) is 0 Å². The van der Waals surface area contributed by atoms with Gasteiger partial charge < -0.3 is 18.9 Å². The van der Waals surface area contributed by atoms with Crippen molar-refractivity contribution in [3.8, 4) is 0 Å². The molecule has 0 heterocycles. The molecule has 6 aromatic carbocycles. The maximum Gasteiger partial charge on any atom is 0.228 e. The van der Waals surface area contributed by atoms with Gasteiger partial charge in [0.15, 0.2) is 0 Å². The Morgan fingerprint density at radius 2 is 0.447 bits per heavy atom. The Hall–Kier alpha value is -6.98. The van der Waals surface area contributed by atoms with Crippen LogP contribution in [0.4, 0.5) is 0 Å². The summed E-state index contributed by atoms with van der Waals surface area (Å²) in [4.78, 5) is 50.8. The first kappa shape index (κ1) is 65.6. The minimum absolute atomic E-state index is 0.0134. The van der Waals surface area contributed by atoms with Crippen molar-refractivity contribution in [2.24, 2.45) is 0 Å². The Bertz CT molecular complexity index is 3010. The number of unbranched alkanes of at least 4 members (excludes halogenated alkanes) is 15. The number of carbonyl (C=O) groups is 4. The molecule has 8 nitrogen and oxygen atoms in total. The monoisotopic (exact) mass is 1180 g/mol. The summed E-state index contributed by atoms with van der Waals surface area (Å²) >= 11 is 0. The average molecular weight is 1180 g/mol. The highest BCUT2D eigenvalue weighted by molar-refractivity contribution is 7.96. The van der Waals surface area contributed by atoms with Crippen LogP contribution in [-0.4, -0.2) is 63.9 Å². The number of benzene rings is 6. The summed E-state index contributed by atoms with van der Waals surface area (Å²) in [6.45, 7) is 3.43. The summed E-state index contributed by atoms with van der Waals surface area (Å²) in [6.07, 6.45) is 23.3. The fraction of sp³-hybridized carbons (Fsp3) is 0.360. The number of methoxy groups -OCH3 is 4. The molecule has 2 aliphatic rings. The highest BCUT2D eigenvalue weighted by Gasteiger charge is 2.46. The lowest BCUT2D eigenvalue weighted by Gasteiger charge is -2.27. The standard InChI is InChI=1S/C38H46O4P.C37H44O4P/c1-30-34(36(40)38(42-3)37(41-2)35(30)39)28-20-9-7-5-4-6-8-10-21-29-43(31-22-14-11-15-23-31,32-24-16-12-17-25-32)33-26-18-13-19-27-33;1-29-33(35(39)37(41-3)36(40-2)34(29)38)27-19-8-6-4-5-7-9-20-28-42(30-21-13-10-14-22-30,31-23-15-11-16-24-31)32-25-17-12-18-26-32/h11-19,22-27H,4-10,20-21,28-29H2,1-3H3;10-18,21-26H,4-9,19-20,27-28H2,1-3H3/q2*+1. The minimum atomic E-state index is -1.74. The lowest BCUT2D eigenvalue weighted by atomic mass is 9.89. The van der Waals surface area contributed by atoms with Gasteiger partial charge in [-0.1, -0.05) is 180 Å². The van der Waals surface area contributed by atoms with Crippen molar-refractivity contribution in [3.05, 3.63) is 227 Å². The van der Waals surface area contributed by atoms with Gasteiger partial charge in [-0.25, -0.2) is 0 Å². The van der Waals surface area contributed by atoms with Crippen LogP contribution in [0.15, 0.2) is 227 Å². The Kier molecular flexibility index (Phi) is 26.4. The van der Waals surface area contributed by atoms with E-state index in [1.807, 2.05) is 0 Å². The minimum Gasteiger partial charge on any atom is -0.489 e. The van der Waals surface area contributed by atoms with E-state index < -0.39 is 14.5 Å². The zero-order valence-corrected chi connectivity index (χ0v) is 53.1. The Labute approximate surface area is 508 Å². The average Bonchev–Trinajstić information content (AvgIpc) is 2.65. The molecule has 0 saturated carbocycles. The van der Waals surface area contributed by atoms with E-state index in [0.717, 1.165) is 38.5 Å². The topological polar surface area (TPSA) is 105 Å². The third kappa shape index (κ3) is 16.5. The van der Waals surface area contributed by atoms with Crippen molar-refractivity contribution in [3.63, 3.8) is 0 Å². The van der Waals surface area contributed by atoms with Crippen LogP contribution < -0.4 is 31.8 Å². The van der Waals surface area contributed by atoms with E-state index in [2.05, 4.69) is 182 Å². The summed E-state index contributed by atoms with van der Waals surface area (Å²) in [5, 5.41) is 8.76. The van der Waals surface area contributed by atoms with E-state index in [0.29, 0.717) is 35.1 Å². The van der Waals surface area contributed by atoms with Gasteiger partial charge in [-0.3, -0.25) is 19.2 Å². The van der Waals surface area contributed by atoms with Gasteiger partial charge >= 0.3 is 0 Å². The number of rotatable bonds is 33. The maximum atomic E-state index is 12.8. The molecule has 0 unspecified atom stereocenters. The van der Waals surface area contributed by atoms with Gasteiger partial charge in [0, 0.05) is 22.3 Å². The van der Waals surface area contributed by atoms with Crippen LogP contribution >= 0.6 is 14.5 Å². The van der Waals surface area contributed by atoms with Crippen molar-refractivity contribution in [2.45, 2.75) is 136 Å². The predicted octanol–water partition coefficient (Wildman–Crippen LogP) is 15.3. The van der Waals surface area contributed by atoms with Crippen molar-refractivity contribution in [1.82, 2.24) is 0 Å². The smallest absolute Gasteiger partial charge is 0.228 e. The molecule has 2 aliphatic carbocycles. The van der Waals surface area contributed by atoms with Crippen LogP contribution in [-0.2, 0) is 38.1 Å². The van der Waals surface area contributed by atoms with Gasteiger partial charge in [-0.15, -0.1) is 0 Å². The first-order valence-corrected chi connectivity index (χ1v) is 34.9. The van der Waals surface area contributed by atoms with Crippen molar-refractivity contribution >= 4 is 69.5 Å². The number of ether oxygens (including phenoxy) is 4. The fourth-order valence-corrected chi connectivity index (χ4v) is 21.2. The van der Waals surface area contributed by atoms with Gasteiger partial charge in [-0.05, 0) is 138 Å². The second-order valence-corrected chi connectivity index (χ2v) is 29.5. The number of Topliss-reactive ketones (excluding diaryl/α,β-unsaturated/α-hetero) is 4. The second kappa shape index (κ2) is 34.2. The summed E-state index contributed by atoms with van der Waals surface area (Å²) in [6, 6.07) is 66.8. The molecule has 0 aromatic heterocycles. The van der Waals surface area contributed by atoms with E-state index in [1.165, 1.54) is 143 Å². The molecule has 0 saturated heterocycles. The second-order valence-electron chi connectivity index (χ2n) is 22.2. The number of ketones is 4. The number of hydrogen-bond acceptors (Lipinski definition) is 8. The highest BCUT2D eigenvalue weighted by Crippen LogP contribution is 2.57. The van der Waals surface area contributed by atoms with Gasteiger partial charge in [0.2, 0.25) is 46.2 Å². The van der Waals surface area contributed by atoms with Crippen LogP contribution in [0.3, 0.4) is 0 Å².